The highest BCUT2D eigenvalue weighted by Gasteiger charge is 2.16. The highest BCUT2D eigenvalue weighted by Crippen LogP contribution is 2.37. The number of rotatable bonds is 7. The molecule has 0 amide bonds. The average Bonchev–Trinajstić information content (AvgIpc) is 3.05. The molecule has 12 heteroatoms. The van der Waals surface area contributed by atoms with Gasteiger partial charge >= 0.3 is 11.9 Å². The van der Waals surface area contributed by atoms with Gasteiger partial charge in [-0.1, -0.05) is 60.7 Å². The number of hydrogen-bond acceptors (Lipinski definition) is 8. The van der Waals surface area contributed by atoms with Crippen LogP contribution in [0.1, 0.15) is 20.7 Å². The lowest BCUT2D eigenvalue weighted by atomic mass is 10.0. The van der Waals surface area contributed by atoms with E-state index >= 15 is 8.78 Å². The van der Waals surface area contributed by atoms with Gasteiger partial charge in [0.25, 0.3) is 0 Å². The molecule has 0 aromatic heterocycles. The van der Waals surface area contributed by atoms with Gasteiger partial charge in [-0.25, -0.2) is 18.4 Å². The van der Waals surface area contributed by atoms with E-state index in [0.717, 1.165) is 12.1 Å². The van der Waals surface area contributed by atoms with Crippen molar-refractivity contribution in [2.45, 2.75) is 0 Å². The van der Waals surface area contributed by atoms with Gasteiger partial charge in [0.2, 0.25) is 0 Å². The van der Waals surface area contributed by atoms with Crippen LogP contribution in [0.15, 0.2) is 118 Å². The van der Waals surface area contributed by atoms with Crippen molar-refractivity contribution in [2.24, 2.45) is 20.5 Å². The second-order valence-electron chi connectivity index (χ2n) is 10.1. The minimum absolute atomic E-state index is 0.0229. The van der Waals surface area contributed by atoms with Crippen LogP contribution in [0.5, 0.6) is 0 Å². The first-order valence-electron chi connectivity index (χ1n) is 13.6. The van der Waals surface area contributed by atoms with Gasteiger partial charge < -0.3 is 21.7 Å². The molecule has 10 nitrogen and oxygen atoms in total. The third kappa shape index (κ3) is 5.46. The summed E-state index contributed by atoms with van der Waals surface area (Å²) in [6, 6.07) is 24.0. The molecule has 0 bridgehead atoms. The van der Waals surface area contributed by atoms with Crippen LogP contribution in [0.2, 0.25) is 0 Å². The average molecular weight is 617 g/mol. The number of aromatic carboxylic acids is 2. The third-order valence-electron chi connectivity index (χ3n) is 7.35. The lowest BCUT2D eigenvalue weighted by molar-refractivity contribution is 0.0688. The summed E-state index contributed by atoms with van der Waals surface area (Å²) in [4.78, 5) is 23.6. The molecule has 0 heterocycles. The summed E-state index contributed by atoms with van der Waals surface area (Å²) < 4.78 is 30.1. The fourth-order valence-corrected chi connectivity index (χ4v) is 5.04. The fraction of sp³-hybridized carbons (Fsp3) is 0. The molecule has 0 aliphatic heterocycles. The number of nitrogens with zero attached hydrogens (tertiary/aromatic N) is 4. The molecule has 0 radical (unpaired) electrons. The molecule has 0 spiro atoms. The predicted octanol–water partition coefficient (Wildman–Crippen LogP) is 9.33. The van der Waals surface area contributed by atoms with E-state index in [1.165, 1.54) is 36.4 Å². The van der Waals surface area contributed by atoms with E-state index in [0.29, 0.717) is 32.7 Å². The van der Waals surface area contributed by atoms with Crippen LogP contribution in [0, 0.1) is 11.6 Å². The SMILES string of the molecule is Nc1c(N=Nc2ccc(-c3ccc(N=Nc4cc(C(=O)O)c5ccccc5c4N)c(F)c3)cc2F)cc(C(=O)O)c2ccccc12. The van der Waals surface area contributed by atoms with Crippen molar-refractivity contribution in [1.29, 1.82) is 0 Å². The summed E-state index contributed by atoms with van der Waals surface area (Å²) in [6.07, 6.45) is 0. The number of hydrogen-bond donors (Lipinski definition) is 4. The second kappa shape index (κ2) is 11.8. The van der Waals surface area contributed by atoms with Crippen LogP contribution in [-0.4, -0.2) is 22.2 Å². The summed E-state index contributed by atoms with van der Waals surface area (Å²) in [7, 11) is 0. The number of benzene rings is 6. The van der Waals surface area contributed by atoms with Gasteiger partial charge in [0, 0.05) is 10.8 Å². The molecule has 6 aromatic carbocycles. The van der Waals surface area contributed by atoms with Gasteiger partial charge in [-0.05, 0) is 58.3 Å². The van der Waals surface area contributed by atoms with Crippen molar-refractivity contribution in [2.75, 3.05) is 11.5 Å². The molecule has 6 N–H and O–H groups in total. The van der Waals surface area contributed by atoms with Gasteiger partial charge in [0.05, 0.1) is 22.5 Å². The Morgan fingerprint density at radius 3 is 1.20 bits per heavy atom. The van der Waals surface area contributed by atoms with Crippen LogP contribution in [0.3, 0.4) is 0 Å². The molecule has 46 heavy (non-hydrogen) atoms. The zero-order valence-electron chi connectivity index (χ0n) is 23.6. The number of fused-ring (bicyclic) bond motifs is 2. The Hall–Kier alpha value is -6.56. The summed E-state index contributed by atoms with van der Waals surface area (Å²) in [5, 5.41) is 37.0. The van der Waals surface area contributed by atoms with Crippen LogP contribution in [0.4, 0.5) is 42.9 Å². The Labute approximate surface area is 259 Å². The second-order valence-corrected chi connectivity index (χ2v) is 10.1. The first-order valence-corrected chi connectivity index (χ1v) is 13.6. The molecule has 0 saturated heterocycles. The Bertz CT molecular complexity index is 2130. The number of carbonyl (C=O) groups is 2. The van der Waals surface area contributed by atoms with Crippen molar-refractivity contribution in [3.63, 3.8) is 0 Å². The topological polar surface area (TPSA) is 176 Å². The van der Waals surface area contributed by atoms with Crippen LogP contribution >= 0.6 is 0 Å². The molecule has 0 saturated carbocycles. The molecule has 0 fully saturated rings. The van der Waals surface area contributed by atoms with Crippen LogP contribution in [-0.2, 0) is 0 Å². The predicted molar refractivity (Wildman–Crippen MR) is 171 cm³/mol. The number of anilines is 2. The first kappa shape index (κ1) is 29.5. The molecule has 0 unspecified atom stereocenters. The van der Waals surface area contributed by atoms with E-state index < -0.39 is 23.6 Å². The zero-order valence-corrected chi connectivity index (χ0v) is 23.6. The fourth-order valence-electron chi connectivity index (χ4n) is 5.04. The summed E-state index contributed by atoms with van der Waals surface area (Å²) in [5.74, 6) is -3.87. The maximum absolute atomic E-state index is 15.1. The first-order chi connectivity index (χ1) is 22.1. The molecule has 0 atom stereocenters. The third-order valence-corrected chi connectivity index (χ3v) is 7.35. The Morgan fingerprint density at radius 2 is 0.848 bits per heavy atom. The van der Waals surface area contributed by atoms with E-state index in [1.807, 2.05) is 0 Å². The molecular formula is C34H22F2N6O4. The van der Waals surface area contributed by atoms with Crippen molar-refractivity contribution in [1.82, 2.24) is 0 Å². The quantitative estimate of drug-likeness (QED) is 0.103. The van der Waals surface area contributed by atoms with E-state index in [2.05, 4.69) is 20.5 Å². The van der Waals surface area contributed by atoms with Crippen molar-refractivity contribution >= 4 is 67.6 Å². The maximum Gasteiger partial charge on any atom is 0.336 e. The highest BCUT2D eigenvalue weighted by atomic mass is 19.1. The number of carboxylic acids is 2. The van der Waals surface area contributed by atoms with Gasteiger partial charge in [0.15, 0.2) is 11.6 Å². The van der Waals surface area contributed by atoms with E-state index in [1.54, 1.807) is 48.5 Å². The standard InChI is InChI=1S/C34H22F2N6O4/c35-25-13-17(9-11-27(25)39-41-29-15-23(33(43)44)19-5-1-3-7-21(19)31(29)37)18-10-12-28(26(36)14-18)40-42-30-16-24(34(45)46)20-6-2-4-8-22(20)32(30)38/h1-16H,37-38H2,(H,43,44)(H,45,46). The number of nitrogen functional groups attached to an aromatic ring is 2. The zero-order chi connectivity index (χ0) is 32.5. The molecule has 0 aliphatic rings. The molecule has 6 rings (SSSR count). The number of azo groups is 2. The minimum atomic E-state index is -1.17. The Balaban J connectivity index is 1.26. The van der Waals surface area contributed by atoms with Crippen LogP contribution < -0.4 is 11.5 Å². The maximum atomic E-state index is 15.1. The number of halogens is 2. The number of carboxylic acid groups (broad SMARTS) is 2. The lowest BCUT2D eigenvalue weighted by Crippen LogP contribution is -1.99. The minimum Gasteiger partial charge on any atom is -0.478 e. The lowest BCUT2D eigenvalue weighted by Gasteiger charge is -2.09. The largest absolute Gasteiger partial charge is 0.478 e. The molecule has 6 aromatic rings. The smallest absolute Gasteiger partial charge is 0.336 e. The molecular weight excluding hydrogens is 594 g/mol. The summed E-state index contributed by atoms with van der Waals surface area (Å²) in [5.41, 5.74) is 13.3. The van der Waals surface area contributed by atoms with Gasteiger partial charge in [-0.3, -0.25) is 0 Å². The summed E-state index contributed by atoms with van der Waals surface area (Å²) in [6.45, 7) is 0. The van der Waals surface area contributed by atoms with Gasteiger partial charge in [0.1, 0.15) is 22.7 Å². The van der Waals surface area contributed by atoms with Crippen LogP contribution in [0.25, 0.3) is 32.7 Å². The van der Waals surface area contributed by atoms with E-state index in [4.69, 9.17) is 11.5 Å². The monoisotopic (exact) mass is 616 g/mol. The van der Waals surface area contributed by atoms with Crippen molar-refractivity contribution < 1.29 is 28.6 Å². The number of nitrogens with two attached hydrogens (primary N) is 2. The molecule has 0 aliphatic carbocycles. The Morgan fingerprint density at radius 1 is 0.500 bits per heavy atom. The van der Waals surface area contributed by atoms with E-state index in [-0.39, 0.29) is 45.3 Å². The highest BCUT2D eigenvalue weighted by molar-refractivity contribution is 6.11. The van der Waals surface area contributed by atoms with Crippen molar-refractivity contribution in [3.05, 3.63) is 120 Å². The van der Waals surface area contributed by atoms with E-state index in [9.17, 15) is 19.8 Å². The van der Waals surface area contributed by atoms with Gasteiger partial charge in [-0.15, -0.1) is 20.5 Å². The Kier molecular flexibility index (Phi) is 7.60. The molecule has 226 valence electrons. The van der Waals surface area contributed by atoms with Crippen molar-refractivity contribution in [3.8, 4) is 11.1 Å². The normalized spacial score (nSPS) is 11.6. The van der Waals surface area contributed by atoms with Gasteiger partial charge in [-0.2, -0.15) is 0 Å². The summed E-state index contributed by atoms with van der Waals surface area (Å²) >= 11 is 0.